The van der Waals surface area contributed by atoms with Crippen molar-refractivity contribution >= 4 is 28.4 Å². The molecule has 1 amide bonds. The number of benzene rings is 1. The standard InChI is InChI=1S/C19H20N4O4/c24-16(25)8-7-12-4-3-9-22(11-12)19(27)14-10-20-23-15-6-2-1-5-13(15)18(26)21-17(14)23/h1-2,5-6,10,12H,3-4,7-9,11H2,(H,21,26)(H,24,25). The van der Waals surface area contributed by atoms with Gasteiger partial charge in [0.05, 0.1) is 17.1 Å². The predicted octanol–water partition coefficient (Wildman–Crippen LogP) is 1.89. The fraction of sp³-hybridized carbons (Fsp3) is 0.368. The Morgan fingerprint density at radius 3 is 2.93 bits per heavy atom. The lowest BCUT2D eigenvalue weighted by atomic mass is 9.93. The quantitative estimate of drug-likeness (QED) is 0.731. The molecule has 4 rings (SSSR count). The topological polar surface area (TPSA) is 108 Å². The minimum Gasteiger partial charge on any atom is -0.481 e. The van der Waals surface area contributed by atoms with Crippen LogP contribution < -0.4 is 5.56 Å². The molecule has 1 aliphatic heterocycles. The Morgan fingerprint density at radius 1 is 1.30 bits per heavy atom. The van der Waals surface area contributed by atoms with Gasteiger partial charge in [0.15, 0.2) is 0 Å². The zero-order valence-corrected chi connectivity index (χ0v) is 14.7. The van der Waals surface area contributed by atoms with E-state index < -0.39 is 5.97 Å². The number of amides is 1. The van der Waals surface area contributed by atoms with Crippen LogP contribution in [0.25, 0.3) is 16.6 Å². The van der Waals surface area contributed by atoms with Gasteiger partial charge in [-0.1, -0.05) is 12.1 Å². The zero-order valence-electron chi connectivity index (χ0n) is 14.7. The average molecular weight is 368 g/mol. The van der Waals surface area contributed by atoms with Gasteiger partial charge in [-0.15, -0.1) is 0 Å². The molecule has 1 aliphatic rings. The van der Waals surface area contributed by atoms with Crippen molar-refractivity contribution in [3.05, 3.63) is 46.4 Å². The lowest BCUT2D eigenvalue weighted by molar-refractivity contribution is -0.137. The number of carboxylic acids is 1. The van der Waals surface area contributed by atoms with Gasteiger partial charge in [-0.3, -0.25) is 14.4 Å². The van der Waals surface area contributed by atoms with E-state index in [1.165, 1.54) is 6.20 Å². The summed E-state index contributed by atoms with van der Waals surface area (Å²) in [6, 6.07) is 7.11. The van der Waals surface area contributed by atoms with Crippen LogP contribution in [-0.2, 0) is 4.79 Å². The van der Waals surface area contributed by atoms with Crippen molar-refractivity contribution < 1.29 is 14.7 Å². The van der Waals surface area contributed by atoms with Crippen LogP contribution in [0.2, 0.25) is 0 Å². The van der Waals surface area contributed by atoms with Crippen molar-refractivity contribution in [2.24, 2.45) is 5.92 Å². The number of piperidine rings is 1. The number of aromatic nitrogens is 3. The molecule has 0 aliphatic carbocycles. The summed E-state index contributed by atoms with van der Waals surface area (Å²) in [6.45, 7) is 1.15. The fourth-order valence-electron chi connectivity index (χ4n) is 3.82. The normalized spacial score (nSPS) is 17.5. The second-order valence-electron chi connectivity index (χ2n) is 6.98. The highest BCUT2D eigenvalue weighted by Crippen LogP contribution is 2.23. The number of para-hydroxylation sites is 1. The molecular weight excluding hydrogens is 348 g/mol. The maximum Gasteiger partial charge on any atom is 0.303 e. The molecule has 1 aromatic carbocycles. The van der Waals surface area contributed by atoms with Crippen molar-refractivity contribution in [2.45, 2.75) is 25.7 Å². The molecule has 1 saturated heterocycles. The van der Waals surface area contributed by atoms with Crippen LogP contribution in [-0.4, -0.2) is 49.6 Å². The lowest BCUT2D eigenvalue weighted by Crippen LogP contribution is -2.40. The highest BCUT2D eigenvalue weighted by Gasteiger charge is 2.27. The summed E-state index contributed by atoms with van der Waals surface area (Å²) in [6.07, 6.45) is 3.93. The lowest BCUT2D eigenvalue weighted by Gasteiger charge is -2.32. The first-order chi connectivity index (χ1) is 13.0. The van der Waals surface area contributed by atoms with Gasteiger partial charge >= 0.3 is 5.97 Å². The van der Waals surface area contributed by atoms with Crippen LogP contribution in [0.3, 0.4) is 0 Å². The first-order valence-corrected chi connectivity index (χ1v) is 9.04. The summed E-state index contributed by atoms with van der Waals surface area (Å²) in [7, 11) is 0. The van der Waals surface area contributed by atoms with Crippen LogP contribution in [0.4, 0.5) is 0 Å². The van der Waals surface area contributed by atoms with E-state index in [0.29, 0.717) is 41.6 Å². The number of aliphatic carboxylic acids is 1. The largest absolute Gasteiger partial charge is 0.481 e. The molecule has 2 N–H and O–H groups in total. The molecule has 1 atom stereocenters. The third-order valence-electron chi connectivity index (χ3n) is 5.18. The van der Waals surface area contributed by atoms with Crippen LogP contribution in [0.15, 0.2) is 35.3 Å². The number of nitrogens with zero attached hydrogens (tertiary/aromatic N) is 3. The Morgan fingerprint density at radius 2 is 2.11 bits per heavy atom. The first kappa shape index (κ1) is 17.3. The second kappa shape index (κ2) is 6.86. The van der Waals surface area contributed by atoms with Gasteiger partial charge in [0.25, 0.3) is 11.5 Å². The molecule has 1 fully saturated rings. The van der Waals surface area contributed by atoms with Gasteiger partial charge in [0.2, 0.25) is 0 Å². The van der Waals surface area contributed by atoms with E-state index >= 15 is 0 Å². The Bertz CT molecular complexity index is 1080. The van der Waals surface area contributed by atoms with E-state index in [0.717, 1.165) is 12.8 Å². The number of fused-ring (bicyclic) bond motifs is 3. The molecule has 3 heterocycles. The van der Waals surface area contributed by atoms with E-state index in [-0.39, 0.29) is 23.8 Å². The van der Waals surface area contributed by atoms with E-state index in [1.54, 1.807) is 27.6 Å². The summed E-state index contributed by atoms with van der Waals surface area (Å²) in [5.41, 5.74) is 1.13. The molecule has 1 unspecified atom stereocenters. The van der Waals surface area contributed by atoms with Gasteiger partial charge in [0.1, 0.15) is 11.2 Å². The van der Waals surface area contributed by atoms with Crippen molar-refractivity contribution in [3.63, 3.8) is 0 Å². The summed E-state index contributed by atoms with van der Waals surface area (Å²) < 4.78 is 1.58. The van der Waals surface area contributed by atoms with Crippen LogP contribution in [0, 0.1) is 5.92 Å². The minimum atomic E-state index is -0.814. The van der Waals surface area contributed by atoms with E-state index in [4.69, 9.17) is 5.11 Å². The number of aromatic amines is 1. The van der Waals surface area contributed by atoms with Crippen molar-refractivity contribution in [1.82, 2.24) is 19.5 Å². The monoisotopic (exact) mass is 368 g/mol. The summed E-state index contributed by atoms with van der Waals surface area (Å²) >= 11 is 0. The van der Waals surface area contributed by atoms with Crippen molar-refractivity contribution in [1.29, 1.82) is 0 Å². The van der Waals surface area contributed by atoms with Gasteiger partial charge < -0.3 is 15.0 Å². The maximum atomic E-state index is 13.0. The Labute approximate surface area is 154 Å². The third kappa shape index (κ3) is 3.18. The summed E-state index contributed by atoms with van der Waals surface area (Å²) in [4.78, 5) is 40.7. The summed E-state index contributed by atoms with van der Waals surface area (Å²) in [5, 5.41) is 13.7. The molecule has 140 valence electrons. The number of nitrogens with one attached hydrogen (secondary N) is 1. The molecule has 0 spiro atoms. The number of likely N-dealkylation sites (tertiary alicyclic amines) is 1. The molecule has 27 heavy (non-hydrogen) atoms. The molecule has 0 radical (unpaired) electrons. The SMILES string of the molecule is O=C(O)CCC1CCCN(C(=O)c2cnn3c2[nH]c(=O)c2ccccc23)C1. The Kier molecular flexibility index (Phi) is 4.39. The predicted molar refractivity (Wildman–Crippen MR) is 98.8 cm³/mol. The molecule has 8 nitrogen and oxygen atoms in total. The first-order valence-electron chi connectivity index (χ1n) is 9.04. The van der Waals surface area contributed by atoms with Crippen molar-refractivity contribution in [2.75, 3.05) is 13.1 Å². The highest BCUT2D eigenvalue weighted by atomic mass is 16.4. The second-order valence-corrected chi connectivity index (χ2v) is 6.98. The van der Waals surface area contributed by atoms with E-state index in [1.807, 2.05) is 6.07 Å². The molecule has 0 bridgehead atoms. The summed E-state index contributed by atoms with van der Waals surface area (Å²) in [5.74, 6) is -0.818. The molecule has 8 heteroatoms. The maximum absolute atomic E-state index is 13.0. The molecule has 0 saturated carbocycles. The fourth-order valence-corrected chi connectivity index (χ4v) is 3.82. The Balaban J connectivity index is 1.65. The number of rotatable bonds is 4. The zero-order chi connectivity index (χ0) is 19.0. The van der Waals surface area contributed by atoms with Gasteiger partial charge in [-0.2, -0.15) is 5.10 Å². The van der Waals surface area contributed by atoms with Gasteiger partial charge in [0, 0.05) is 19.5 Å². The van der Waals surface area contributed by atoms with Gasteiger partial charge in [-0.05, 0) is 37.3 Å². The van der Waals surface area contributed by atoms with E-state index in [9.17, 15) is 14.4 Å². The minimum absolute atomic E-state index is 0.114. The molecule has 2 aromatic heterocycles. The van der Waals surface area contributed by atoms with Crippen molar-refractivity contribution in [3.8, 4) is 0 Å². The van der Waals surface area contributed by atoms with Gasteiger partial charge in [-0.25, -0.2) is 4.52 Å². The highest BCUT2D eigenvalue weighted by molar-refractivity contribution is 6.00. The molecule has 3 aromatic rings. The number of H-pyrrole nitrogens is 1. The number of hydrogen-bond acceptors (Lipinski definition) is 4. The molecular formula is C19H20N4O4. The third-order valence-corrected chi connectivity index (χ3v) is 5.18. The van der Waals surface area contributed by atoms with E-state index in [2.05, 4.69) is 10.1 Å². The van der Waals surface area contributed by atoms with Crippen LogP contribution >= 0.6 is 0 Å². The number of hydrogen-bond donors (Lipinski definition) is 2. The smallest absolute Gasteiger partial charge is 0.303 e. The number of carboxylic acid groups (broad SMARTS) is 1. The average Bonchev–Trinajstić information content (AvgIpc) is 3.10. The number of carbonyl (C=O) groups is 2. The Hall–Kier alpha value is -3.16. The number of carbonyl (C=O) groups excluding carboxylic acids is 1. The van der Waals surface area contributed by atoms with Crippen LogP contribution in [0.5, 0.6) is 0 Å². The van der Waals surface area contributed by atoms with Crippen LogP contribution in [0.1, 0.15) is 36.0 Å².